The summed E-state index contributed by atoms with van der Waals surface area (Å²) in [6, 6.07) is 5.08. The molecular formula is C13H16O4. The number of hydrogen-bond donors (Lipinski definition) is 2. The van der Waals surface area contributed by atoms with Gasteiger partial charge in [-0.2, -0.15) is 0 Å². The number of Topliss-reactive ketones (excluding diaryl/α,β-unsaturated/α-hetero) is 1. The Balaban J connectivity index is 3.13. The third-order valence-electron chi connectivity index (χ3n) is 2.49. The van der Waals surface area contributed by atoms with Crippen molar-refractivity contribution in [2.45, 2.75) is 32.8 Å². The summed E-state index contributed by atoms with van der Waals surface area (Å²) in [6.07, 6.45) is -0.551. The first-order valence-corrected chi connectivity index (χ1v) is 5.47. The molecule has 1 unspecified atom stereocenters. The minimum Gasteiger partial charge on any atom is -0.479 e. The topological polar surface area (TPSA) is 74.6 Å². The molecule has 0 aromatic heterocycles. The highest BCUT2D eigenvalue weighted by molar-refractivity contribution is 5.78. The Morgan fingerprint density at radius 1 is 1.24 bits per heavy atom. The van der Waals surface area contributed by atoms with Crippen LogP contribution >= 0.6 is 0 Å². The first-order valence-electron chi connectivity index (χ1n) is 5.47. The second-order valence-electron chi connectivity index (χ2n) is 4.06. The average molecular weight is 236 g/mol. The van der Waals surface area contributed by atoms with Crippen molar-refractivity contribution in [2.75, 3.05) is 0 Å². The van der Waals surface area contributed by atoms with E-state index in [0.29, 0.717) is 5.56 Å². The second kappa shape index (κ2) is 5.59. The van der Waals surface area contributed by atoms with Crippen LogP contribution in [0.1, 0.15) is 36.6 Å². The van der Waals surface area contributed by atoms with Gasteiger partial charge in [-0.1, -0.05) is 25.1 Å². The molecule has 1 atom stereocenters. The summed E-state index contributed by atoms with van der Waals surface area (Å²) in [5, 5.41) is 18.2. The van der Waals surface area contributed by atoms with Gasteiger partial charge in [0.05, 0.1) is 0 Å². The van der Waals surface area contributed by atoms with E-state index < -0.39 is 12.1 Å². The molecule has 4 nitrogen and oxygen atoms in total. The van der Waals surface area contributed by atoms with Gasteiger partial charge in [0.1, 0.15) is 5.78 Å². The van der Waals surface area contributed by atoms with Crippen molar-refractivity contribution in [3.05, 3.63) is 34.9 Å². The largest absolute Gasteiger partial charge is 0.479 e. The van der Waals surface area contributed by atoms with E-state index in [1.807, 2.05) is 13.0 Å². The van der Waals surface area contributed by atoms with Crippen LogP contribution in [0.3, 0.4) is 0 Å². The molecule has 0 aliphatic heterocycles. The molecule has 92 valence electrons. The number of aliphatic hydroxyl groups is 1. The van der Waals surface area contributed by atoms with Gasteiger partial charge in [0.25, 0.3) is 0 Å². The van der Waals surface area contributed by atoms with Crippen molar-refractivity contribution >= 4 is 11.8 Å². The molecular weight excluding hydrogens is 220 g/mol. The van der Waals surface area contributed by atoms with Crippen LogP contribution in [-0.2, 0) is 22.4 Å². The summed E-state index contributed by atoms with van der Waals surface area (Å²) >= 11 is 0. The van der Waals surface area contributed by atoms with Crippen LogP contribution in [0.5, 0.6) is 0 Å². The molecule has 0 aliphatic carbocycles. The maximum Gasteiger partial charge on any atom is 0.337 e. The number of ketones is 1. The predicted octanol–water partition coefficient (Wildman–Crippen LogP) is 1.50. The first-order chi connectivity index (χ1) is 7.93. The van der Waals surface area contributed by atoms with Gasteiger partial charge < -0.3 is 10.2 Å². The third-order valence-corrected chi connectivity index (χ3v) is 2.49. The molecule has 0 heterocycles. The lowest BCUT2D eigenvalue weighted by Gasteiger charge is -2.10. The normalized spacial score (nSPS) is 12.2. The van der Waals surface area contributed by atoms with E-state index >= 15 is 0 Å². The highest BCUT2D eigenvalue weighted by atomic mass is 16.4. The summed E-state index contributed by atoms with van der Waals surface area (Å²) < 4.78 is 0. The number of benzene rings is 1. The number of aryl methyl sites for hydroxylation is 1. The summed E-state index contributed by atoms with van der Waals surface area (Å²) in [4.78, 5) is 21.8. The first kappa shape index (κ1) is 13.4. The van der Waals surface area contributed by atoms with Crippen LogP contribution in [0.4, 0.5) is 0 Å². The minimum absolute atomic E-state index is 0.00835. The number of carboxylic acid groups (broad SMARTS) is 1. The summed E-state index contributed by atoms with van der Waals surface area (Å²) in [6.45, 7) is 3.41. The Morgan fingerprint density at radius 2 is 1.82 bits per heavy atom. The third kappa shape index (κ3) is 3.67. The number of carbonyl (C=O) groups is 2. The van der Waals surface area contributed by atoms with Crippen LogP contribution in [0.2, 0.25) is 0 Å². The summed E-state index contributed by atoms with van der Waals surface area (Å²) in [5.41, 5.74) is 1.99. The standard InChI is InChI=1S/C13H16O4/c1-3-9-5-10(4-8(2)14)7-11(6-9)12(15)13(16)17/h5-7,12,15H,3-4H2,1-2H3,(H,16,17). The van der Waals surface area contributed by atoms with E-state index in [0.717, 1.165) is 17.5 Å². The van der Waals surface area contributed by atoms with Gasteiger partial charge in [-0.15, -0.1) is 0 Å². The number of carboxylic acids is 1. The average Bonchev–Trinajstić information content (AvgIpc) is 2.26. The van der Waals surface area contributed by atoms with Gasteiger partial charge in [0.15, 0.2) is 6.10 Å². The van der Waals surface area contributed by atoms with Gasteiger partial charge in [0.2, 0.25) is 0 Å². The highest BCUT2D eigenvalue weighted by Crippen LogP contribution is 2.19. The molecule has 0 radical (unpaired) electrons. The van der Waals surface area contributed by atoms with Gasteiger partial charge in [0, 0.05) is 6.42 Å². The Hall–Kier alpha value is -1.68. The molecule has 0 aliphatic rings. The Bertz CT molecular complexity index is 437. The van der Waals surface area contributed by atoms with E-state index in [1.54, 1.807) is 12.1 Å². The smallest absolute Gasteiger partial charge is 0.337 e. The maximum absolute atomic E-state index is 11.0. The maximum atomic E-state index is 11.0. The fourth-order valence-corrected chi connectivity index (χ4v) is 1.69. The molecule has 1 aromatic carbocycles. The highest BCUT2D eigenvalue weighted by Gasteiger charge is 2.17. The molecule has 0 spiro atoms. The summed E-state index contributed by atoms with van der Waals surface area (Å²) in [5.74, 6) is -1.28. The van der Waals surface area contributed by atoms with E-state index in [4.69, 9.17) is 5.11 Å². The molecule has 2 N–H and O–H groups in total. The van der Waals surface area contributed by atoms with Gasteiger partial charge in [-0.25, -0.2) is 4.79 Å². The van der Waals surface area contributed by atoms with E-state index in [-0.39, 0.29) is 12.2 Å². The van der Waals surface area contributed by atoms with E-state index in [1.165, 1.54) is 6.92 Å². The summed E-state index contributed by atoms with van der Waals surface area (Å²) in [7, 11) is 0. The molecule has 0 saturated carbocycles. The van der Waals surface area contributed by atoms with E-state index in [2.05, 4.69) is 0 Å². The monoisotopic (exact) mass is 236 g/mol. The van der Waals surface area contributed by atoms with E-state index in [9.17, 15) is 14.7 Å². The number of hydrogen-bond acceptors (Lipinski definition) is 3. The molecule has 0 fully saturated rings. The lowest BCUT2D eigenvalue weighted by molar-refractivity contribution is -0.146. The van der Waals surface area contributed by atoms with Crippen molar-refractivity contribution in [1.29, 1.82) is 0 Å². The van der Waals surface area contributed by atoms with Crippen molar-refractivity contribution < 1.29 is 19.8 Å². The van der Waals surface area contributed by atoms with Gasteiger partial charge in [-0.05, 0) is 30.0 Å². The fourth-order valence-electron chi connectivity index (χ4n) is 1.69. The molecule has 4 heteroatoms. The molecule has 0 saturated heterocycles. The van der Waals surface area contributed by atoms with Crippen LogP contribution in [0.15, 0.2) is 18.2 Å². The van der Waals surface area contributed by atoms with Crippen molar-refractivity contribution in [2.24, 2.45) is 0 Å². The molecule has 1 aromatic rings. The zero-order valence-electron chi connectivity index (χ0n) is 9.93. The van der Waals surface area contributed by atoms with Gasteiger partial charge >= 0.3 is 5.97 Å². The molecule has 1 rings (SSSR count). The number of carbonyl (C=O) groups excluding carboxylic acids is 1. The Morgan fingerprint density at radius 3 is 2.29 bits per heavy atom. The minimum atomic E-state index is -1.53. The second-order valence-corrected chi connectivity index (χ2v) is 4.06. The number of rotatable bonds is 5. The Labute approximate surface area is 99.9 Å². The van der Waals surface area contributed by atoms with Crippen molar-refractivity contribution in [1.82, 2.24) is 0 Å². The molecule has 0 amide bonds. The lowest BCUT2D eigenvalue weighted by atomic mass is 9.98. The van der Waals surface area contributed by atoms with Crippen LogP contribution in [0.25, 0.3) is 0 Å². The Kier molecular flexibility index (Phi) is 4.40. The molecule has 0 bridgehead atoms. The van der Waals surface area contributed by atoms with Crippen LogP contribution in [0, 0.1) is 0 Å². The van der Waals surface area contributed by atoms with Crippen molar-refractivity contribution in [3.63, 3.8) is 0 Å². The zero-order valence-corrected chi connectivity index (χ0v) is 9.93. The predicted molar refractivity (Wildman–Crippen MR) is 62.8 cm³/mol. The lowest BCUT2D eigenvalue weighted by Crippen LogP contribution is -2.11. The number of aliphatic hydroxyl groups excluding tert-OH is 1. The SMILES string of the molecule is CCc1cc(CC(C)=O)cc(C(O)C(=O)O)c1. The zero-order chi connectivity index (χ0) is 13.0. The van der Waals surface area contributed by atoms with Crippen LogP contribution < -0.4 is 0 Å². The number of aliphatic carboxylic acids is 1. The fraction of sp³-hybridized carbons (Fsp3) is 0.385. The quantitative estimate of drug-likeness (QED) is 0.812. The van der Waals surface area contributed by atoms with Gasteiger partial charge in [-0.3, -0.25) is 4.79 Å². The molecule has 17 heavy (non-hydrogen) atoms. The van der Waals surface area contributed by atoms with Crippen LogP contribution in [-0.4, -0.2) is 22.0 Å². The van der Waals surface area contributed by atoms with Crippen molar-refractivity contribution in [3.8, 4) is 0 Å².